The summed E-state index contributed by atoms with van der Waals surface area (Å²) in [6, 6.07) is 5.63. The molecule has 0 bridgehead atoms. The number of methoxy groups -OCH3 is 1. The van der Waals surface area contributed by atoms with E-state index in [1.54, 1.807) is 18.0 Å². The summed E-state index contributed by atoms with van der Waals surface area (Å²) in [5.41, 5.74) is 0.872. The molecule has 128 valence electrons. The SMILES string of the molecule is CCOc1ccc(/C=N\n2c(C3CCCO3)n[nH]c2=S)cc1OC. The molecule has 0 aliphatic carbocycles. The average Bonchev–Trinajstić information content (AvgIpc) is 3.24. The molecule has 24 heavy (non-hydrogen) atoms. The predicted molar refractivity (Wildman–Crippen MR) is 92.5 cm³/mol. The Morgan fingerprint density at radius 1 is 1.50 bits per heavy atom. The first-order valence-corrected chi connectivity index (χ1v) is 8.28. The van der Waals surface area contributed by atoms with Crippen molar-refractivity contribution in [3.05, 3.63) is 34.4 Å². The van der Waals surface area contributed by atoms with Crippen LogP contribution in [-0.2, 0) is 4.74 Å². The molecule has 1 aliphatic rings. The summed E-state index contributed by atoms with van der Waals surface area (Å²) in [6.45, 7) is 3.25. The van der Waals surface area contributed by atoms with Crippen LogP contribution in [0.4, 0.5) is 0 Å². The van der Waals surface area contributed by atoms with Crippen molar-refractivity contribution in [1.82, 2.24) is 14.9 Å². The smallest absolute Gasteiger partial charge is 0.216 e. The van der Waals surface area contributed by atoms with E-state index in [4.69, 9.17) is 26.4 Å². The fourth-order valence-corrected chi connectivity index (χ4v) is 2.76. The van der Waals surface area contributed by atoms with Gasteiger partial charge in [0.2, 0.25) is 4.77 Å². The molecule has 3 rings (SSSR count). The van der Waals surface area contributed by atoms with E-state index in [0.717, 1.165) is 25.0 Å². The minimum atomic E-state index is -0.0648. The zero-order valence-electron chi connectivity index (χ0n) is 13.7. The third kappa shape index (κ3) is 3.49. The van der Waals surface area contributed by atoms with Gasteiger partial charge < -0.3 is 14.2 Å². The number of ether oxygens (including phenoxy) is 3. The zero-order valence-corrected chi connectivity index (χ0v) is 14.5. The van der Waals surface area contributed by atoms with E-state index in [-0.39, 0.29) is 6.10 Å². The van der Waals surface area contributed by atoms with E-state index in [1.165, 1.54) is 0 Å². The number of aromatic amines is 1. The Bertz CT molecular complexity index is 778. The number of H-pyrrole nitrogens is 1. The Hall–Kier alpha value is -2.19. The molecule has 1 saturated heterocycles. The van der Waals surface area contributed by atoms with Crippen molar-refractivity contribution in [1.29, 1.82) is 0 Å². The van der Waals surface area contributed by atoms with Crippen LogP contribution in [0.2, 0.25) is 0 Å². The topological polar surface area (TPSA) is 73.7 Å². The normalized spacial score (nSPS) is 17.5. The molecule has 0 saturated carbocycles. The maximum Gasteiger partial charge on any atom is 0.216 e. The Labute approximate surface area is 145 Å². The molecule has 1 aromatic carbocycles. The number of benzene rings is 1. The van der Waals surface area contributed by atoms with Crippen LogP contribution < -0.4 is 9.47 Å². The van der Waals surface area contributed by atoms with Gasteiger partial charge >= 0.3 is 0 Å². The van der Waals surface area contributed by atoms with E-state index in [0.29, 0.717) is 28.7 Å². The minimum absolute atomic E-state index is 0.0648. The molecule has 7 nitrogen and oxygen atoms in total. The van der Waals surface area contributed by atoms with Crippen LogP contribution in [-0.4, -0.2) is 41.4 Å². The minimum Gasteiger partial charge on any atom is -0.493 e. The van der Waals surface area contributed by atoms with Gasteiger partial charge in [-0.05, 0) is 55.7 Å². The second kappa shape index (κ2) is 7.59. The maximum atomic E-state index is 5.66. The van der Waals surface area contributed by atoms with E-state index in [1.807, 2.05) is 25.1 Å². The average molecular weight is 348 g/mol. The third-order valence-corrected chi connectivity index (χ3v) is 3.97. The van der Waals surface area contributed by atoms with E-state index in [9.17, 15) is 0 Å². The standard InChI is InChI=1S/C16H20N4O3S/c1-3-22-12-7-6-11(9-14(12)21-2)10-17-20-15(18-19-16(20)24)13-5-4-8-23-13/h6-7,9-10,13H,3-5,8H2,1-2H3,(H,19,24)/b17-10-. The van der Waals surface area contributed by atoms with Crippen molar-refractivity contribution in [3.63, 3.8) is 0 Å². The van der Waals surface area contributed by atoms with Crippen LogP contribution in [0.25, 0.3) is 0 Å². The van der Waals surface area contributed by atoms with Crippen LogP contribution in [0.5, 0.6) is 11.5 Å². The molecule has 2 aromatic rings. The quantitative estimate of drug-likeness (QED) is 0.641. The molecule has 1 fully saturated rings. The van der Waals surface area contributed by atoms with Crippen LogP contribution in [0.3, 0.4) is 0 Å². The van der Waals surface area contributed by atoms with Gasteiger partial charge in [0.15, 0.2) is 17.3 Å². The molecule has 2 heterocycles. The molecule has 1 unspecified atom stereocenters. The summed E-state index contributed by atoms with van der Waals surface area (Å²) < 4.78 is 18.6. The highest BCUT2D eigenvalue weighted by Gasteiger charge is 2.23. The highest BCUT2D eigenvalue weighted by atomic mass is 32.1. The van der Waals surface area contributed by atoms with E-state index < -0.39 is 0 Å². The predicted octanol–water partition coefficient (Wildman–Crippen LogP) is 3.08. The Morgan fingerprint density at radius 2 is 2.38 bits per heavy atom. The van der Waals surface area contributed by atoms with E-state index >= 15 is 0 Å². The highest BCUT2D eigenvalue weighted by Crippen LogP contribution is 2.28. The van der Waals surface area contributed by atoms with Crippen molar-refractivity contribution >= 4 is 18.4 Å². The van der Waals surface area contributed by atoms with Gasteiger partial charge in [-0.2, -0.15) is 14.9 Å². The summed E-state index contributed by atoms with van der Waals surface area (Å²) >= 11 is 5.26. The molecule has 0 radical (unpaired) electrons. The Morgan fingerprint density at radius 3 is 3.08 bits per heavy atom. The van der Waals surface area contributed by atoms with Gasteiger partial charge in [-0.15, -0.1) is 0 Å². The first-order chi connectivity index (χ1) is 11.7. The van der Waals surface area contributed by atoms with Gasteiger partial charge in [0.05, 0.1) is 19.9 Å². The molecule has 1 atom stereocenters. The fourth-order valence-electron chi connectivity index (χ4n) is 2.57. The van der Waals surface area contributed by atoms with E-state index in [2.05, 4.69) is 15.3 Å². The molecular formula is C16H20N4O3S. The summed E-state index contributed by atoms with van der Waals surface area (Å²) in [7, 11) is 1.61. The number of nitrogens with one attached hydrogen (secondary N) is 1. The van der Waals surface area contributed by atoms with Crippen molar-refractivity contribution in [2.45, 2.75) is 25.9 Å². The molecule has 8 heteroatoms. The summed E-state index contributed by atoms with van der Waals surface area (Å²) in [4.78, 5) is 0. The molecule has 1 aromatic heterocycles. The first-order valence-electron chi connectivity index (χ1n) is 7.87. The van der Waals surface area contributed by atoms with Gasteiger partial charge in [0.25, 0.3) is 0 Å². The second-order valence-corrected chi connectivity index (χ2v) is 5.68. The monoisotopic (exact) mass is 348 g/mol. The molecular weight excluding hydrogens is 328 g/mol. The molecule has 0 amide bonds. The molecule has 0 spiro atoms. The maximum absolute atomic E-state index is 5.66. The molecule has 1 aliphatic heterocycles. The van der Waals surface area contributed by atoms with Gasteiger partial charge in [-0.3, -0.25) is 5.10 Å². The largest absolute Gasteiger partial charge is 0.493 e. The third-order valence-electron chi connectivity index (χ3n) is 3.70. The highest BCUT2D eigenvalue weighted by molar-refractivity contribution is 7.71. The number of aromatic nitrogens is 3. The zero-order chi connectivity index (χ0) is 16.9. The van der Waals surface area contributed by atoms with Crippen LogP contribution in [0, 0.1) is 4.77 Å². The van der Waals surface area contributed by atoms with Crippen LogP contribution in [0.15, 0.2) is 23.3 Å². The fraction of sp³-hybridized carbons (Fsp3) is 0.438. The van der Waals surface area contributed by atoms with Gasteiger partial charge in [-0.1, -0.05) is 0 Å². The van der Waals surface area contributed by atoms with Crippen molar-refractivity contribution in [2.75, 3.05) is 20.3 Å². The van der Waals surface area contributed by atoms with Crippen LogP contribution in [0.1, 0.15) is 37.3 Å². The molecule has 1 N–H and O–H groups in total. The number of hydrogen-bond donors (Lipinski definition) is 1. The lowest BCUT2D eigenvalue weighted by Gasteiger charge is -2.09. The lowest BCUT2D eigenvalue weighted by atomic mass is 10.2. The van der Waals surface area contributed by atoms with Crippen LogP contribution >= 0.6 is 12.2 Å². The lowest BCUT2D eigenvalue weighted by molar-refractivity contribution is 0.102. The van der Waals surface area contributed by atoms with Crippen molar-refractivity contribution < 1.29 is 14.2 Å². The number of rotatable bonds is 6. The summed E-state index contributed by atoms with van der Waals surface area (Å²) in [6.07, 6.45) is 3.59. The van der Waals surface area contributed by atoms with Gasteiger partial charge in [-0.25, -0.2) is 0 Å². The Balaban J connectivity index is 1.86. The van der Waals surface area contributed by atoms with Crippen molar-refractivity contribution in [2.24, 2.45) is 5.10 Å². The second-order valence-electron chi connectivity index (χ2n) is 5.29. The van der Waals surface area contributed by atoms with Gasteiger partial charge in [0.1, 0.15) is 6.10 Å². The lowest BCUT2D eigenvalue weighted by Crippen LogP contribution is -2.05. The van der Waals surface area contributed by atoms with Gasteiger partial charge in [0, 0.05) is 6.61 Å². The van der Waals surface area contributed by atoms with Crippen molar-refractivity contribution in [3.8, 4) is 11.5 Å². The number of hydrogen-bond acceptors (Lipinski definition) is 6. The Kier molecular flexibility index (Phi) is 5.27. The number of nitrogens with zero attached hydrogens (tertiary/aromatic N) is 3. The summed E-state index contributed by atoms with van der Waals surface area (Å²) in [5.74, 6) is 2.07. The summed E-state index contributed by atoms with van der Waals surface area (Å²) in [5, 5.41) is 11.5. The first kappa shape index (κ1) is 16.7.